The normalized spacial score (nSPS) is 11.8. The number of alkyl halides is 3. The van der Waals surface area contributed by atoms with Crippen LogP contribution in [0.4, 0.5) is 13.2 Å². The SMILES string of the molecule is [O]Cc1noc(-c2cccc(C(F)(F)F)c2)n1. The molecular formula is C10H6F3N2O2. The van der Waals surface area contributed by atoms with Gasteiger partial charge in [-0.2, -0.15) is 18.2 Å². The van der Waals surface area contributed by atoms with Crippen LogP contribution in [-0.2, 0) is 17.9 Å². The quantitative estimate of drug-likeness (QED) is 0.814. The van der Waals surface area contributed by atoms with E-state index in [-0.39, 0.29) is 17.3 Å². The first-order chi connectivity index (χ1) is 8.00. The van der Waals surface area contributed by atoms with Crippen molar-refractivity contribution in [3.8, 4) is 11.5 Å². The van der Waals surface area contributed by atoms with E-state index in [4.69, 9.17) is 0 Å². The van der Waals surface area contributed by atoms with E-state index in [1.54, 1.807) is 0 Å². The molecule has 2 aromatic rings. The second-order valence-corrected chi connectivity index (χ2v) is 3.24. The second-order valence-electron chi connectivity index (χ2n) is 3.24. The summed E-state index contributed by atoms with van der Waals surface area (Å²) in [4.78, 5) is 3.66. The van der Waals surface area contributed by atoms with Gasteiger partial charge in [-0.3, -0.25) is 0 Å². The molecule has 0 saturated carbocycles. The third-order valence-corrected chi connectivity index (χ3v) is 2.03. The third kappa shape index (κ3) is 2.44. The number of aromatic nitrogens is 2. The van der Waals surface area contributed by atoms with Crippen LogP contribution in [0.3, 0.4) is 0 Å². The van der Waals surface area contributed by atoms with Gasteiger partial charge in [0.25, 0.3) is 5.89 Å². The topological polar surface area (TPSA) is 58.8 Å². The van der Waals surface area contributed by atoms with Gasteiger partial charge < -0.3 is 4.52 Å². The number of halogens is 3. The van der Waals surface area contributed by atoms with Crippen LogP contribution in [0, 0.1) is 0 Å². The number of benzene rings is 1. The highest BCUT2D eigenvalue weighted by atomic mass is 19.4. The number of rotatable bonds is 2. The molecule has 1 aromatic heterocycles. The van der Waals surface area contributed by atoms with Crippen LogP contribution < -0.4 is 0 Å². The number of nitrogens with zero attached hydrogens (tertiary/aromatic N) is 2. The predicted molar refractivity (Wildman–Crippen MR) is 49.1 cm³/mol. The highest BCUT2D eigenvalue weighted by molar-refractivity contribution is 5.54. The summed E-state index contributed by atoms with van der Waals surface area (Å²) in [6, 6.07) is 4.47. The van der Waals surface area contributed by atoms with Crippen LogP contribution in [-0.4, -0.2) is 10.1 Å². The maximum Gasteiger partial charge on any atom is 0.416 e. The standard InChI is InChI=1S/C10H6F3N2O2/c11-10(12,13)7-3-1-2-6(4-7)9-14-8(5-16)15-17-9/h1-4H,5H2. The predicted octanol–water partition coefficient (Wildman–Crippen LogP) is 2.69. The zero-order valence-electron chi connectivity index (χ0n) is 8.36. The molecule has 0 fully saturated rings. The monoisotopic (exact) mass is 243 g/mol. The Bertz CT molecular complexity index is 522. The van der Waals surface area contributed by atoms with E-state index in [9.17, 15) is 18.3 Å². The number of hydrogen-bond acceptors (Lipinski definition) is 3. The Labute approximate surface area is 93.7 Å². The van der Waals surface area contributed by atoms with Crippen molar-refractivity contribution in [2.75, 3.05) is 0 Å². The average molecular weight is 243 g/mol. The van der Waals surface area contributed by atoms with Crippen molar-refractivity contribution in [3.05, 3.63) is 35.7 Å². The summed E-state index contributed by atoms with van der Waals surface area (Å²) < 4.78 is 42.0. The lowest BCUT2D eigenvalue weighted by molar-refractivity contribution is -0.137. The van der Waals surface area contributed by atoms with Gasteiger partial charge >= 0.3 is 6.18 Å². The van der Waals surface area contributed by atoms with Gasteiger partial charge in [0, 0.05) is 5.56 Å². The van der Waals surface area contributed by atoms with Crippen molar-refractivity contribution in [2.24, 2.45) is 0 Å². The van der Waals surface area contributed by atoms with Crippen LogP contribution in [0.25, 0.3) is 11.5 Å². The van der Waals surface area contributed by atoms with Crippen LogP contribution in [0.2, 0.25) is 0 Å². The van der Waals surface area contributed by atoms with Crippen molar-refractivity contribution in [1.29, 1.82) is 0 Å². The Morgan fingerprint density at radius 1 is 1.29 bits per heavy atom. The Morgan fingerprint density at radius 2 is 2.06 bits per heavy atom. The van der Waals surface area contributed by atoms with Crippen LogP contribution in [0.15, 0.2) is 28.8 Å². The summed E-state index contributed by atoms with van der Waals surface area (Å²) >= 11 is 0. The maximum atomic E-state index is 12.4. The van der Waals surface area contributed by atoms with Gasteiger partial charge in [0.1, 0.15) is 6.61 Å². The number of hydrogen-bond donors (Lipinski definition) is 0. The first-order valence-corrected chi connectivity index (χ1v) is 4.59. The van der Waals surface area contributed by atoms with Gasteiger partial charge in [-0.1, -0.05) is 11.2 Å². The van der Waals surface area contributed by atoms with Gasteiger partial charge in [0.2, 0.25) is 5.82 Å². The molecule has 4 nitrogen and oxygen atoms in total. The van der Waals surface area contributed by atoms with Crippen molar-refractivity contribution in [3.63, 3.8) is 0 Å². The fourth-order valence-electron chi connectivity index (χ4n) is 1.26. The average Bonchev–Trinajstić information content (AvgIpc) is 2.76. The van der Waals surface area contributed by atoms with Crippen molar-refractivity contribution in [1.82, 2.24) is 10.1 Å². The lowest BCUT2D eigenvalue weighted by Gasteiger charge is -2.06. The molecule has 7 heteroatoms. The van der Waals surface area contributed by atoms with E-state index >= 15 is 0 Å². The molecule has 17 heavy (non-hydrogen) atoms. The minimum atomic E-state index is -4.43. The molecular weight excluding hydrogens is 237 g/mol. The summed E-state index contributed by atoms with van der Waals surface area (Å²) in [5, 5.41) is 13.8. The van der Waals surface area contributed by atoms with Crippen molar-refractivity contribution in [2.45, 2.75) is 12.8 Å². The molecule has 89 valence electrons. The molecule has 0 unspecified atom stereocenters. The van der Waals surface area contributed by atoms with Crippen LogP contribution in [0.1, 0.15) is 11.4 Å². The summed E-state index contributed by atoms with van der Waals surface area (Å²) in [6.07, 6.45) is -4.43. The van der Waals surface area contributed by atoms with E-state index in [0.717, 1.165) is 12.1 Å². The molecule has 0 atom stereocenters. The largest absolute Gasteiger partial charge is 0.416 e. The second kappa shape index (κ2) is 4.17. The van der Waals surface area contributed by atoms with E-state index in [0.29, 0.717) is 0 Å². The van der Waals surface area contributed by atoms with E-state index < -0.39 is 18.3 Å². The van der Waals surface area contributed by atoms with Crippen LogP contribution in [0.5, 0.6) is 0 Å². The maximum absolute atomic E-state index is 12.4. The minimum Gasteiger partial charge on any atom is -0.334 e. The van der Waals surface area contributed by atoms with Gasteiger partial charge in [0.15, 0.2) is 0 Å². The molecule has 1 aromatic carbocycles. The first-order valence-electron chi connectivity index (χ1n) is 4.59. The smallest absolute Gasteiger partial charge is 0.334 e. The molecule has 0 amide bonds. The fourth-order valence-corrected chi connectivity index (χ4v) is 1.26. The Kier molecular flexibility index (Phi) is 2.84. The zero-order valence-corrected chi connectivity index (χ0v) is 8.36. The fraction of sp³-hybridized carbons (Fsp3) is 0.200. The van der Waals surface area contributed by atoms with Gasteiger partial charge in [0.05, 0.1) is 5.56 Å². The molecule has 1 heterocycles. The molecule has 1 radical (unpaired) electrons. The minimum absolute atomic E-state index is 0.0857. The molecule has 0 aliphatic carbocycles. The first kappa shape index (κ1) is 11.6. The summed E-state index contributed by atoms with van der Waals surface area (Å²) in [6.45, 7) is -0.678. The summed E-state index contributed by atoms with van der Waals surface area (Å²) in [7, 11) is 0. The molecule has 0 aliphatic heterocycles. The molecule has 0 spiro atoms. The van der Waals surface area contributed by atoms with Gasteiger partial charge in [-0.05, 0) is 18.2 Å². The lowest BCUT2D eigenvalue weighted by Crippen LogP contribution is -2.04. The van der Waals surface area contributed by atoms with E-state index in [2.05, 4.69) is 14.7 Å². The zero-order chi connectivity index (χ0) is 12.5. The van der Waals surface area contributed by atoms with Crippen LogP contribution >= 0.6 is 0 Å². The van der Waals surface area contributed by atoms with Crippen molar-refractivity contribution < 1.29 is 22.8 Å². The van der Waals surface area contributed by atoms with Gasteiger partial charge in [-0.15, -0.1) is 0 Å². The summed E-state index contributed by atoms with van der Waals surface area (Å²) in [5.41, 5.74) is -0.677. The molecule has 0 N–H and O–H groups in total. The lowest BCUT2D eigenvalue weighted by atomic mass is 10.1. The van der Waals surface area contributed by atoms with Crippen molar-refractivity contribution >= 4 is 0 Å². The molecule has 0 aliphatic rings. The third-order valence-electron chi connectivity index (χ3n) is 2.03. The van der Waals surface area contributed by atoms with E-state index in [1.807, 2.05) is 0 Å². The highest BCUT2D eigenvalue weighted by Gasteiger charge is 2.30. The Balaban J connectivity index is 2.39. The molecule has 0 saturated heterocycles. The van der Waals surface area contributed by atoms with E-state index in [1.165, 1.54) is 12.1 Å². The van der Waals surface area contributed by atoms with Gasteiger partial charge in [-0.25, -0.2) is 5.11 Å². The Morgan fingerprint density at radius 3 is 2.65 bits per heavy atom. The molecule has 2 rings (SSSR count). The highest BCUT2D eigenvalue weighted by Crippen LogP contribution is 2.31. The Hall–Kier alpha value is -1.89. The molecule has 0 bridgehead atoms. The summed E-state index contributed by atoms with van der Waals surface area (Å²) in [5.74, 6) is -0.181.